The average molecular weight is 331 g/mol. The highest BCUT2D eigenvalue weighted by molar-refractivity contribution is 6.62. The van der Waals surface area contributed by atoms with E-state index in [1.165, 1.54) is 0 Å². The summed E-state index contributed by atoms with van der Waals surface area (Å²) in [5.74, 6) is 0.102. The Bertz CT molecular complexity index is 588. The fraction of sp³-hybridized carbons (Fsp3) is 0.647. The highest BCUT2D eigenvalue weighted by atomic mass is 16.7. The summed E-state index contributed by atoms with van der Waals surface area (Å²) in [6.45, 7) is 11.1. The predicted octanol–water partition coefficient (Wildman–Crippen LogP) is 0.355. The van der Waals surface area contributed by atoms with Crippen LogP contribution in [0.3, 0.4) is 0 Å². The van der Waals surface area contributed by atoms with Gasteiger partial charge in [-0.3, -0.25) is 14.7 Å². The number of nitrogens with one attached hydrogen (secondary N) is 1. The molecule has 0 aliphatic carbocycles. The first-order chi connectivity index (χ1) is 11.3. The van der Waals surface area contributed by atoms with Gasteiger partial charge in [0.05, 0.1) is 17.7 Å². The van der Waals surface area contributed by atoms with E-state index < -0.39 is 0 Å². The van der Waals surface area contributed by atoms with Crippen LogP contribution < -0.4 is 10.8 Å². The molecule has 0 bridgehead atoms. The summed E-state index contributed by atoms with van der Waals surface area (Å²) in [7, 11) is -0.373. The zero-order chi connectivity index (χ0) is 17.4. The number of amides is 1. The van der Waals surface area contributed by atoms with Crippen molar-refractivity contribution in [3.05, 3.63) is 24.0 Å². The lowest BCUT2D eigenvalue weighted by Gasteiger charge is -2.32. The van der Waals surface area contributed by atoms with Gasteiger partial charge in [-0.2, -0.15) is 0 Å². The molecule has 0 saturated carbocycles. The van der Waals surface area contributed by atoms with E-state index in [2.05, 4.69) is 15.2 Å². The Kier molecular flexibility index (Phi) is 4.68. The molecule has 1 aromatic heterocycles. The molecule has 1 N–H and O–H groups in total. The summed E-state index contributed by atoms with van der Waals surface area (Å²) >= 11 is 0. The number of hydrogen-bond acceptors (Lipinski definition) is 5. The molecule has 2 saturated heterocycles. The average Bonchev–Trinajstić information content (AvgIpc) is 2.74. The molecule has 3 heterocycles. The van der Waals surface area contributed by atoms with Crippen LogP contribution in [0, 0.1) is 0 Å². The normalized spacial score (nSPS) is 23.3. The summed E-state index contributed by atoms with van der Waals surface area (Å²) in [5, 5.41) is 2.84. The first-order valence-corrected chi connectivity index (χ1v) is 8.56. The van der Waals surface area contributed by atoms with E-state index in [-0.39, 0.29) is 24.2 Å². The van der Waals surface area contributed by atoms with Crippen LogP contribution in [0.4, 0.5) is 0 Å². The van der Waals surface area contributed by atoms with Crippen molar-refractivity contribution in [3.63, 3.8) is 0 Å². The molecule has 130 valence electrons. The van der Waals surface area contributed by atoms with Crippen molar-refractivity contribution in [2.24, 2.45) is 0 Å². The molecular formula is C17H26BN3O3. The molecule has 2 fully saturated rings. The number of piperazine rings is 1. The Morgan fingerprint density at radius 3 is 2.54 bits per heavy atom. The van der Waals surface area contributed by atoms with Crippen LogP contribution in [0.5, 0.6) is 0 Å². The van der Waals surface area contributed by atoms with Gasteiger partial charge in [0, 0.05) is 43.4 Å². The molecule has 1 aromatic rings. The SMILES string of the molecule is CC1(C)OB(c2ccc(CCN3CCNC(=O)C3)nc2)OC1(C)C. The second kappa shape index (κ2) is 6.46. The largest absolute Gasteiger partial charge is 0.496 e. The molecule has 2 aliphatic rings. The fourth-order valence-corrected chi connectivity index (χ4v) is 2.86. The first-order valence-electron chi connectivity index (χ1n) is 8.56. The Labute approximate surface area is 144 Å². The molecule has 0 radical (unpaired) electrons. The number of aromatic nitrogens is 1. The smallest absolute Gasteiger partial charge is 0.399 e. The Morgan fingerprint density at radius 2 is 1.96 bits per heavy atom. The zero-order valence-electron chi connectivity index (χ0n) is 15.0. The van der Waals surface area contributed by atoms with Crippen molar-refractivity contribution >= 4 is 18.5 Å². The van der Waals surface area contributed by atoms with Gasteiger partial charge >= 0.3 is 7.12 Å². The van der Waals surface area contributed by atoms with E-state index in [1.54, 1.807) is 0 Å². The summed E-state index contributed by atoms with van der Waals surface area (Å²) < 4.78 is 12.1. The van der Waals surface area contributed by atoms with E-state index >= 15 is 0 Å². The van der Waals surface area contributed by atoms with Crippen molar-refractivity contribution in [1.29, 1.82) is 0 Å². The highest BCUT2D eigenvalue weighted by Crippen LogP contribution is 2.36. The molecule has 3 rings (SSSR count). The molecular weight excluding hydrogens is 305 g/mol. The maximum atomic E-state index is 11.4. The first kappa shape index (κ1) is 17.4. The van der Waals surface area contributed by atoms with Gasteiger partial charge in [0.1, 0.15) is 0 Å². The molecule has 7 heteroatoms. The van der Waals surface area contributed by atoms with Gasteiger partial charge in [0.15, 0.2) is 0 Å². The van der Waals surface area contributed by atoms with Crippen LogP contribution in [-0.2, 0) is 20.5 Å². The quantitative estimate of drug-likeness (QED) is 0.807. The molecule has 0 aromatic carbocycles. The lowest BCUT2D eigenvalue weighted by molar-refractivity contribution is -0.124. The van der Waals surface area contributed by atoms with Gasteiger partial charge < -0.3 is 14.6 Å². The van der Waals surface area contributed by atoms with Crippen LogP contribution in [0.2, 0.25) is 0 Å². The molecule has 0 unspecified atom stereocenters. The number of carbonyl (C=O) groups excluding carboxylic acids is 1. The molecule has 6 nitrogen and oxygen atoms in total. The van der Waals surface area contributed by atoms with Gasteiger partial charge in [0.25, 0.3) is 0 Å². The topological polar surface area (TPSA) is 63.7 Å². The Hall–Kier alpha value is -1.44. The highest BCUT2D eigenvalue weighted by Gasteiger charge is 2.51. The van der Waals surface area contributed by atoms with Gasteiger partial charge in [-0.15, -0.1) is 0 Å². The zero-order valence-corrected chi connectivity index (χ0v) is 15.0. The van der Waals surface area contributed by atoms with Gasteiger partial charge in [0.2, 0.25) is 5.91 Å². The second-order valence-corrected chi connectivity index (χ2v) is 7.55. The van der Waals surface area contributed by atoms with Gasteiger partial charge in [-0.1, -0.05) is 6.07 Å². The van der Waals surface area contributed by atoms with Crippen molar-refractivity contribution in [2.75, 3.05) is 26.2 Å². The van der Waals surface area contributed by atoms with Crippen LogP contribution in [-0.4, -0.2) is 60.3 Å². The van der Waals surface area contributed by atoms with Crippen LogP contribution in [0.25, 0.3) is 0 Å². The van der Waals surface area contributed by atoms with Crippen molar-refractivity contribution in [2.45, 2.75) is 45.3 Å². The van der Waals surface area contributed by atoms with E-state index in [0.717, 1.165) is 37.2 Å². The Balaban J connectivity index is 1.57. The third-order valence-electron chi connectivity index (χ3n) is 5.17. The van der Waals surface area contributed by atoms with Crippen molar-refractivity contribution < 1.29 is 14.1 Å². The standard InChI is InChI=1S/C17H26BN3O3/c1-16(2)17(3,4)24-18(23-16)13-5-6-14(20-11-13)7-9-21-10-8-19-15(22)12-21/h5-6,11H,7-10,12H2,1-4H3,(H,19,22). The monoisotopic (exact) mass is 331 g/mol. The number of rotatable bonds is 4. The maximum absolute atomic E-state index is 11.4. The minimum absolute atomic E-state index is 0.102. The van der Waals surface area contributed by atoms with E-state index in [4.69, 9.17) is 9.31 Å². The van der Waals surface area contributed by atoms with Crippen molar-refractivity contribution in [3.8, 4) is 0 Å². The third-order valence-corrected chi connectivity index (χ3v) is 5.17. The predicted molar refractivity (Wildman–Crippen MR) is 93.1 cm³/mol. The van der Waals surface area contributed by atoms with E-state index in [0.29, 0.717) is 6.54 Å². The summed E-state index contributed by atoms with van der Waals surface area (Å²) in [5.41, 5.74) is 1.27. The molecule has 0 spiro atoms. The maximum Gasteiger partial charge on any atom is 0.496 e. The second-order valence-electron chi connectivity index (χ2n) is 7.55. The van der Waals surface area contributed by atoms with Crippen molar-refractivity contribution in [1.82, 2.24) is 15.2 Å². The van der Waals surface area contributed by atoms with Gasteiger partial charge in [-0.05, 0) is 33.8 Å². The van der Waals surface area contributed by atoms with Gasteiger partial charge in [-0.25, -0.2) is 0 Å². The third kappa shape index (κ3) is 3.63. The van der Waals surface area contributed by atoms with E-state index in [1.807, 2.05) is 46.0 Å². The van der Waals surface area contributed by atoms with Crippen LogP contribution >= 0.6 is 0 Å². The lowest BCUT2D eigenvalue weighted by atomic mass is 9.80. The minimum atomic E-state index is -0.373. The molecule has 0 atom stereocenters. The molecule has 2 aliphatic heterocycles. The number of nitrogens with zero attached hydrogens (tertiary/aromatic N) is 2. The Morgan fingerprint density at radius 1 is 1.25 bits per heavy atom. The summed E-state index contributed by atoms with van der Waals surface area (Å²) in [6, 6.07) is 4.04. The molecule has 1 amide bonds. The van der Waals surface area contributed by atoms with Crippen LogP contribution in [0.15, 0.2) is 18.3 Å². The fourth-order valence-electron chi connectivity index (χ4n) is 2.86. The van der Waals surface area contributed by atoms with E-state index in [9.17, 15) is 4.79 Å². The minimum Gasteiger partial charge on any atom is -0.399 e. The number of hydrogen-bond donors (Lipinski definition) is 1. The number of pyridine rings is 1. The molecule has 24 heavy (non-hydrogen) atoms. The number of carbonyl (C=O) groups is 1. The van der Waals surface area contributed by atoms with Crippen LogP contribution in [0.1, 0.15) is 33.4 Å². The summed E-state index contributed by atoms with van der Waals surface area (Å²) in [6.07, 6.45) is 2.66. The summed E-state index contributed by atoms with van der Waals surface area (Å²) in [4.78, 5) is 18.1. The lowest BCUT2D eigenvalue weighted by Crippen LogP contribution is -2.48.